The van der Waals surface area contributed by atoms with Crippen LogP contribution in [0.1, 0.15) is 35.5 Å². The van der Waals surface area contributed by atoms with Crippen LogP contribution < -0.4 is 5.32 Å². The number of aryl methyl sites for hydroxylation is 2. The SMILES string of the molecule is CCc1cnc(C(C)Nc2cc(C)nc(-c3cccnc3)n2)s1. The minimum Gasteiger partial charge on any atom is -0.361 e. The highest BCUT2D eigenvalue weighted by atomic mass is 32.1. The fourth-order valence-electron chi connectivity index (χ4n) is 2.24. The molecule has 0 saturated carbocycles. The minimum atomic E-state index is 0.108. The molecule has 3 heterocycles. The van der Waals surface area contributed by atoms with Crippen LogP contribution in [0, 0.1) is 6.92 Å². The van der Waals surface area contributed by atoms with Crippen LogP contribution in [0.3, 0.4) is 0 Å². The van der Waals surface area contributed by atoms with E-state index in [0.717, 1.165) is 28.5 Å². The second-order valence-corrected chi connectivity index (χ2v) is 6.49. The molecule has 1 unspecified atom stereocenters. The van der Waals surface area contributed by atoms with E-state index in [4.69, 9.17) is 0 Å². The molecule has 6 heteroatoms. The van der Waals surface area contributed by atoms with Gasteiger partial charge in [-0.15, -0.1) is 11.3 Å². The summed E-state index contributed by atoms with van der Waals surface area (Å²) in [7, 11) is 0. The molecule has 3 rings (SSSR count). The van der Waals surface area contributed by atoms with Crippen LogP contribution in [0.2, 0.25) is 0 Å². The molecule has 1 N–H and O–H groups in total. The Hall–Kier alpha value is -2.34. The van der Waals surface area contributed by atoms with Gasteiger partial charge in [-0.2, -0.15) is 0 Å². The molecule has 0 aliphatic carbocycles. The minimum absolute atomic E-state index is 0.108. The predicted molar refractivity (Wildman–Crippen MR) is 93.5 cm³/mol. The number of anilines is 1. The molecule has 0 aliphatic heterocycles. The van der Waals surface area contributed by atoms with Gasteiger partial charge >= 0.3 is 0 Å². The number of thiazole rings is 1. The quantitative estimate of drug-likeness (QED) is 0.767. The smallest absolute Gasteiger partial charge is 0.163 e. The lowest BCUT2D eigenvalue weighted by atomic mass is 10.2. The van der Waals surface area contributed by atoms with E-state index in [9.17, 15) is 0 Å². The van der Waals surface area contributed by atoms with Gasteiger partial charge in [0.25, 0.3) is 0 Å². The van der Waals surface area contributed by atoms with E-state index in [1.165, 1.54) is 4.88 Å². The first-order chi connectivity index (χ1) is 11.2. The third kappa shape index (κ3) is 3.71. The normalized spacial score (nSPS) is 12.1. The fraction of sp³-hybridized carbons (Fsp3) is 0.294. The number of nitrogens with one attached hydrogen (secondary N) is 1. The van der Waals surface area contributed by atoms with Gasteiger partial charge in [0.1, 0.15) is 10.8 Å². The van der Waals surface area contributed by atoms with Crippen LogP contribution in [0.25, 0.3) is 11.4 Å². The zero-order chi connectivity index (χ0) is 16.2. The lowest BCUT2D eigenvalue weighted by molar-refractivity contribution is 0.857. The molecule has 5 nitrogen and oxygen atoms in total. The van der Waals surface area contributed by atoms with E-state index in [1.807, 2.05) is 31.3 Å². The standard InChI is InChI=1S/C17H19N5S/c1-4-14-10-19-17(23-14)12(3)21-15-8-11(2)20-16(22-15)13-6-5-7-18-9-13/h5-10,12H,4H2,1-3H3,(H,20,21,22). The van der Waals surface area contributed by atoms with Crippen LogP contribution in [-0.2, 0) is 6.42 Å². The number of aromatic nitrogens is 4. The molecule has 23 heavy (non-hydrogen) atoms. The summed E-state index contributed by atoms with van der Waals surface area (Å²) in [5.41, 5.74) is 1.83. The maximum atomic E-state index is 4.61. The van der Waals surface area contributed by atoms with Crippen molar-refractivity contribution in [3.63, 3.8) is 0 Å². The van der Waals surface area contributed by atoms with Crippen LogP contribution in [0.5, 0.6) is 0 Å². The average Bonchev–Trinajstić information content (AvgIpc) is 3.04. The Bertz CT molecular complexity index is 785. The predicted octanol–water partition coefficient (Wildman–Crippen LogP) is 4.04. The third-order valence-electron chi connectivity index (χ3n) is 3.43. The first-order valence-electron chi connectivity index (χ1n) is 7.63. The van der Waals surface area contributed by atoms with E-state index in [-0.39, 0.29) is 6.04 Å². The first kappa shape index (κ1) is 15.6. The molecular weight excluding hydrogens is 306 g/mol. The molecule has 0 bridgehead atoms. The summed E-state index contributed by atoms with van der Waals surface area (Å²) in [5, 5.41) is 4.49. The molecule has 0 amide bonds. The summed E-state index contributed by atoms with van der Waals surface area (Å²) < 4.78 is 0. The van der Waals surface area contributed by atoms with Gasteiger partial charge in [0.2, 0.25) is 0 Å². The average molecular weight is 325 g/mol. The number of pyridine rings is 1. The van der Waals surface area contributed by atoms with Gasteiger partial charge in [-0.25, -0.2) is 15.0 Å². The van der Waals surface area contributed by atoms with E-state index >= 15 is 0 Å². The van der Waals surface area contributed by atoms with Gasteiger partial charge in [0, 0.05) is 40.8 Å². The number of hydrogen-bond donors (Lipinski definition) is 1. The Morgan fingerprint density at radius 3 is 2.83 bits per heavy atom. The van der Waals surface area contributed by atoms with Crippen LogP contribution in [0.15, 0.2) is 36.8 Å². The zero-order valence-electron chi connectivity index (χ0n) is 13.4. The molecule has 0 aliphatic rings. The van der Waals surface area contributed by atoms with E-state index in [0.29, 0.717) is 5.82 Å². The van der Waals surface area contributed by atoms with Crippen molar-refractivity contribution in [3.05, 3.63) is 52.4 Å². The van der Waals surface area contributed by atoms with E-state index in [2.05, 4.69) is 39.1 Å². The van der Waals surface area contributed by atoms with Crippen molar-refractivity contribution in [1.82, 2.24) is 19.9 Å². The molecule has 3 aromatic heterocycles. The van der Waals surface area contributed by atoms with Gasteiger partial charge in [0.15, 0.2) is 5.82 Å². The maximum absolute atomic E-state index is 4.61. The van der Waals surface area contributed by atoms with Crippen LogP contribution in [0.4, 0.5) is 5.82 Å². The van der Waals surface area contributed by atoms with Gasteiger partial charge in [-0.05, 0) is 32.4 Å². The van der Waals surface area contributed by atoms with Crippen LogP contribution in [-0.4, -0.2) is 19.9 Å². The van der Waals surface area contributed by atoms with Crippen molar-refractivity contribution < 1.29 is 0 Å². The Kier molecular flexibility index (Phi) is 4.62. The maximum Gasteiger partial charge on any atom is 0.163 e. The summed E-state index contributed by atoms with van der Waals surface area (Å²) in [6, 6.07) is 5.91. The van der Waals surface area contributed by atoms with Gasteiger partial charge in [0.05, 0.1) is 6.04 Å². The summed E-state index contributed by atoms with van der Waals surface area (Å²) >= 11 is 1.74. The highest BCUT2D eigenvalue weighted by Gasteiger charge is 2.12. The largest absolute Gasteiger partial charge is 0.361 e. The number of rotatable bonds is 5. The molecule has 0 fully saturated rings. The van der Waals surface area contributed by atoms with Crippen molar-refractivity contribution >= 4 is 17.2 Å². The Morgan fingerprint density at radius 1 is 1.26 bits per heavy atom. The molecule has 1 atom stereocenters. The second-order valence-electron chi connectivity index (χ2n) is 5.34. The lowest BCUT2D eigenvalue weighted by Crippen LogP contribution is -2.09. The molecule has 0 radical (unpaired) electrons. The number of nitrogens with zero attached hydrogens (tertiary/aromatic N) is 4. The number of hydrogen-bond acceptors (Lipinski definition) is 6. The molecule has 0 aromatic carbocycles. The van der Waals surface area contributed by atoms with Gasteiger partial charge < -0.3 is 5.32 Å². The molecular formula is C17H19N5S. The summed E-state index contributed by atoms with van der Waals surface area (Å²) in [6.07, 6.45) is 6.48. The van der Waals surface area contributed by atoms with Crippen molar-refractivity contribution in [2.45, 2.75) is 33.2 Å². The highest BCUT2D eigenvalue weighted by Crippen LogP contribution is 2.24. The molecule has 3 aromatic rings. The summed E-state index contributed by atoms with van der Waals surface area (Å²) in [4.78, 5) is 19.0. The van der Waals surface area contributed by atoms with Gasteiger partial charge in [-0.1, -0.05) is 6.92 Å². The topological polar surface area (TPSA) is 63.6 Å². The Labute approximate surface area is 139 Å². The fourth-order valence-corrected chi connectivity index (χ4v) is 3.10. The third-order valence-corrected chi connectivity index (χ3v) is 4.75. The zero-order valence-corrected chi connectivity index (χ0v) is 14.3. The monoisotopic (exact) mass is 325 g/mol. The molecule has 0 saturated heterocycles. The van der Waals surface area contributed by atoms with Gasteiger partial charge in [-0.3, -0.25) is 4.98 Å². The van der Waals surface area contributed by atoms with Crippen molar-refractivity contribution in [2.24, 2.45) is 0 Å². The lowest BCUT2D eigenvalue weighted by Gasteiger charge is -2.13. The summed E-state index contributed by atoms with van der Waals surface area (Å²) in [6.45, 7) is 6.21. The Morgan fingerprint density at radius 2 is 2.13 bits per heavy atom. The van der Waals surface area contributed by atoms with Crippen molar-refractivity contribution in [2.75, 3.05) is 5.32 Å². The van der Waals surface area contributed by atoms with E-state index < -0.39 is 0 Å². The summed E-state index contributed by atoms with van der Waals surface area (Å²) in [5.74, 6) is 1.48. The molecule has 118 valence electrons. The Balaban J connectivity index is 1.84. The van der Waals surface area contributed by atoms with Crippen LogP contribution >= 0.6 is 11.3 Å². The molecule has 0 spiro atoms. The van der Waals surface area contributed by atoms with Crippen molar-refractivity contribution in [3.8, 4) is 11.4 Å². The first-order valence-corrected chi connectivity index (χ1v) is 8.44. The van der Waals surface area contributed by atoms with Crippen molar-refractivity contribution in [1.29, 1.82) is 0 Å². The highest BCUT2D eigenvalue weighted by molar-refractivity contribution is 7.11. The van der Waals surface area contributed by atoms with E-state index in [1.54, 1.807) is 23.7 Å². The second kappa shape index (κ2) is 6.83.